The molecule has 2 aromatic rings. The molecule has 0 spiro atoms. The molecule has 39 heavy (non-hydrogen) atoms. The molecule has 0 aliphatic carbocycles. The number of rotatable bonds is 23. The predicted octanol–water partition coefficient (Wildman–Crippen LogP) is 7.67. The molecule has 0 fully saturated rings. The Labute approximate surface area is 263 Å². The molecule has 3 nitrogen and oxygen atoms in total. The summed E-state index contributed by atoms with van der Waals surface area (Å²) in [6.07, 6.45) is 27.0. The van der Waals surface area contributed by atoms with Crippen LogP contribution in [-0.2, 0) is 23.0 Å². The standard InChI is InChI=1S/C34H56O3S.Na/c1-3-5-7-9-11-13-15-17-19-21-23-30-25-26-31-27-28-32(34(33(31)29-30)38(35,36)37)24-22-20-18-16-14-12-10-8-6-4-2;/h25-29H,3-24H2,1-2H3,(H,35,36,37);/q;+1/p-1. The Balaban J connectivity index is 0.00000760. The second-order valence-corrected chi connectivity index (χ2v) is 12.7. The Morgan fingerprint density at radius 3 is 1.44 bits per heavy atom. The van der Waals surface area contributed by atoms with Crippen LogP contribution in [0, 0.1) is 0 Å². The first-order chi connectivity index (χ1) is 18.5. The van der Waals surface area contributed by atoms with Gasteiger partial charge < -0.3 is 4.55 Å². The zero-order valence-corrected chi connectivity index (χ0v) is 28.4. The van der Waals surface area contributed by atoms with E-state index in [2.05, 4.69) is 19.9 Å². The van der Waals surface area contributed by atoms with Crippen LogP contribution in [0.4, 0.5) is 0 Å². The summed E-state index contributed by atoms with van der Waals surface area (Å²) in [5, 5.41) is 1.47. The van der Waals surface area contributed by atoms with Gasteiger partial charge in [-0.25, -0.2) is 8.42 Å². The van der Waals surface area contributed by atoms with Crippen molar-refractivity contribution >= 4 is 20.9 Å². The van der Waals surface area contributed by atoms with Crippen molar-refractivity contribution in [2.45, 2.75) is 160 Å². The van der Waals surface area contributed by atoms with Gasteiger partial charge in [-0.15, -0.1) is 0 Å². The van der Waals surface area contributed by atoms with Crippen molar-refractivity contribution in [1.29, 1.82) is 0 Å². The van der Waals surface area contributed by atoms with Gasteiger partial charge in [0.25, 0.3) is 0 Å². The largest absolute Gasteiger partial charge is 1.00 e. The second-order valence-electron chi connectivity index (χ2n) is 11.4. The van der Waals surface area contributed by atoms with Gasteiger partial charge in [0.15, 0.2) is 0 Å². The molecule has 2 rings (SSSR count). The van der Waals surface area contributed by atoms with Crippen LogP contribution in [0.15, 0.2) is 35.2 Å². The van der Waals surface area contributed by atoms with Crippen LogP contribution in [0.5, 0.6) is 0 Å². The van der Waals surface area contributed by atoms with E-state index in [9.17, 15) is 13.0 Å². The van der Waals surface area contributed by atoms with Crippen LogP contribution < -0.4 is 29.6 Å². The monoisotopic (exact) mass is 566 g/mol. The van der Waals surface area contributed by atoms with Gasteiger partial charge in [-0.3, -0.25) is 0 Å². The Hall–Kier alpha value is -0.390. The molecule has 2 aromatic carbocycles. The van der Waals surface area contributed by atoms with Crippen molar-refractivity contribution in [3.63, 3.8) is 0 Å². The van der Waals surface area contributed by atoms with Crippen molar-refractivity contribution in [3.05, 3.63) is 41.5 Å². The third kappa shape index (κ3) is 15.4. The molecule has 0 aromatic heterocycles. The molecular formula is C34H55NaO3S. The smallest absolute Gasteiger partial charge is 0.744 e. The first kappa shape index (κ1) is 36.6. The van der Waals surface area contributed by atoms with E-state index in [1.807, 2.05) is 24.3 Å². The summed E-state index contributed by atoms with van der Waals surface area (Å²) in [5.74, 6) is 0. The zero-order valence-electron chi connectivity index (χ0n) is 25.6. The fraction of sp³-hybridized carbons (Fsp3) is 0.706. The molecule has 0 saturated heterocycles. The number of aryl methyl sites for hydroxylation is 2. The van der Waals surface area contributed by atoms with Gasteiger partial charge in [0.1, 0.15) is 10.1 Å². The third-order valence-electron chi connectivity index (χ3n) is 7.99. The summed E-state index contributed by atoms with van der Waals surface area (Å²) in [4.78, 5) is 0.0239. The molecule has 0 unspecified atom stereocenters. The Morgan fingerprint density at radius 2 is 0.974 bits per heavy atom. The molecule has 5 heteroatoms. The maximum atomic E-state index is 12.3. The molecule has 0 N–H and O–H groups in total. The van der Waals surface area contributed by atoms with Crippen LogP contribution in [0.1, 0.15) is 153 Å². The summed E-state index contributed by atoms with van der Waals surface area (Å²) in [5.41, 5.74) is 1.83. The first-order valence-corrected chi connectivity index (χ1v) is 17.4. The van der Waals surface area contributed by atoms with Gasteiger partial charge in [-0.2, -0.15) is 0 Å². The minimum absolute atomic E-state index is 0. The van der Waals surface area contributed by atoms with E-state index in [1.165, 1.54) is 109 Å². The molecule has 0 atom stereocenters. The Morgan fingerprint density at radius 1 is 0.564 bits per heavy atom. The average Bonchev–Trinajstić information content (AvgIpc) is 2.89. The van der Waals surface area contributed by atoms with Crippen LogP contribution in [0.25, 0.3) is 10.8 Å². The molecule has 0 bridgehead atoms. The minimum Gasteiger partial charge on any atom is -0.744 e. The molecule has 0 aliphatic heterocycles. The van der Waals surface area contributed by atoms with E-state index in [0.717, 1.165) is 36.6 Å². The van der Waals surface area contributed by atoms with E-state index in [1.54, 1.807) is 0 Å². The maximum absolute atomic E-state index is 12.3. The normalized spacial score (nSPS) is 11.7. The fourth-order valence-corrected chi connectivity index (χ4v) is 6.59. The van der Waals surface area contributed by atoms with Crippen LogP contribution in [0.3, 0.4) is 0 Å². The summed E-state index contributed by atoms with van der Waals surface area (Å²) < 4.78 is 37.0. The second kappa shape index (κ2) is 22.2. The van der Waals surface area contributed by atoms with E-state index in [-0.39, 0.29) is 34.5 Å². The number of fused-ring (bicyclic) bond motifs is 1. The van der Waals surface area contributed by atoms with E-state index < -0.39 is 10.1 Å². The zero-order chi connectivity index (χ0) is 27.5. The molecule has 216 valence electrons. The van der Waals surface area contributed by atoms with Gasteiger partial charge >= 0.3 is 29.6 Å². The summed E-state index contributed by atoms with van der Waals surface area (Å²) in [7, 11) is -4.53. The molecule has 0 amide bonds. The van der Waals surface area contributed by atoms with E-state index >= 15 is 0 Å². The predicted molar refractivity (Wildman–Crippen MR) is 163 cm³/mol. The van der Waals surface area contributed by atoms with Crippen molar-refractivity contribution in [2.24, 2.45) is 0 Å². The van der Waals surface area contributed by atoms with Gasteiger partial charge in [0.05, 0.1) is 4.90 Å². The molecular weight excluding hydrogens is 511 g/mol. The van der Waals surface area contributed by atoms with Crippen molar-refractivity contribution in [1.82, 2.24) is 0 Å². The fourth-order valence-electron chi connectivity index (χ4n) is 5.65. The molecule has 0 saturated carbocycles. The average molecular weight is 567 g/mol. The Kier molecular flexibility index (Phi) is 20.9. The number of unbranched alkanes of at least 4 members (excludes halogenated alkanes) is 18. The maximum Gasteiger partial charge on any atom is 1.00 e. The quantitative estimate of drug-likeness (QED) is 0.0788. The molecule has 0 heterocycles. The molecule has 0 radical (unpaired) electrons. The summed E-state index contributed by atoms with van der Waals surface area (Å²) in [6.45, 7) is 4.51. The van der Waals surface area contributed by atoms with Gasteiger partial charge in [0, 0.05) is 0 Å². The number of hydrogen-bond donors (Lipinski definition) is 0. The van der Waals surface area contributed by atoms with Gasteiger partial charge in [-0.1, -0.05) is 154 Å². The SMILES string of the molecule is CCCCCCCCCCCCc1ccc2ccc(CCCCCCCCCCCC)c(S(=O)(=O)[O-])c2c1.[Na+]. The topological polar surface area (TPSA) is 57.2 Å². The van der Waals surface area contributed by atoms with E-state index in [4.69, 9.17) is 0 Å². The van der Waals surface area contributed by atoms with Gasteiger partial charge in [-0.05, 0) is 53.6 Å². The van der Waals surface area contributed by atoms with Crippen molar-refractivity contribution in [2.75, 3.05) is 0 Å². The third-order valence-corrected chi connectivity index (χ3v) is 8.97. The first-order valence-electron chi connectivity index (χ1n) is 16.0. The number of hydrogen-bond acceptors (Lipinski definition) is 3. The Bertz CT molecular complexity index is 998. The van der Waals surface area contributed by atoms with Crippen LogP contribution >= 0.6 is 0 Å². The summed E-state index contributed by atoms with van der Waals surface area (Å²) in [6, 6.07) is 9.90. The minimum atomic E-state index is -4.53. The van der Waals surface area contributed by atoms with Gasteiger partial charge in [0.2, 0.25) is 0 Å². The van der Waals surface area contributed by atoms with Crippen molar-refractivity contribution in [3.8, 4) is 0 Å². The van der Waals surface area contributed by atoms with Crippen LogP contribution in [-0.4, -0.2) is 13.0 Å². The van der Waals surface area contributed by atoms with E-state index in [0.29, 0.717) is 17.4 Å². The van der Waals surface area contributed by atoms with Crippen LogP contribution in [0.2, 0.25) is 0 Å². The van der Waals surface area contributed by atoms with Crippen molar-refractivity contribution < 1.29 is 42.5 Å². The summed E-state index contributed by atoms with van der Waals surface area (Å²) >= 11 is 0. The number of benzene rings is 2. The molecule has 0 aliphatic rings.